The largest absolute Gasteiger partial charge is 0.375 e. The molecule has 0 aromatic heterocycles. The summed E-state index contributed by atoms with van der Waals surface area (Å²) >= 11 is 4.79. The number of nitrogens with one attached hydrogen (secondary N) is 2. The molecule has 0 spiro atoms. The smallest absolute Gasteiger partial charge is 0.178 e. The summed E-state index contributed by atoms with van der Waals surface area (Å²) in [4.78, 5) is 12.1. The van der Waals surface area contributed by atoms with Crippen LogP contribution in [0.2, 0.25) is 0 Å². The topological polar surface area (TPSA) is 67.2 Å². The van der Waals surface area contributed by atoms with Gasteiger partial charge in [-0.2, -0.15) is 0 Å². The molecule has 16 heavy (non-hydrogen) atoms. The fraction of sp³-hybridized carbons (Fsp3) is 0.818. The van der Waals surface area contributed by atoms with E-state index in [1.807, 2.05) is 0 Å². The van der Waals surface area contributed by atoms with Gasteiger partial charge in [0, 0.05) is 11.8 Å². The summed E-state index contributed by atoms with van der Waals surface area (Å²) in [7, 11) is 0. The minimum atomic E-state index is -0.210. The zero-order chi connectivity index (χ0) is 12.2. The van der Waals surface area contributed by atoms with Crippen LogP contribution in [-0.4, -0.2) is 16.4 Å². The van der Waals surface area contributed by atoms with Crippen molar-refractivity contribution in [2.24, 2.45) is 16.6 Å². The zero-order valence-corrected chi connectivity index (χ0v) is 10.8. The third-order valence-electron chi connectivity index (χ3n) is 5.13. The molecule has 0 amide bonds. The van der Waals surface area contributed by atoms with Gasteiger partial charge in [-0.3, -0.25) is 10.2 Å². The van der Waals surface area contributed by atoms with Crippen LogP contribution in [0, 0.1) is 10.8 Å². The van der Waals surface area contributed by atoms with Gasteiger partial charge in [-0.05, 0) is 30.5 Å². The average Bonchev–Trinajstić information content (AvgIpc) is 2.45. The predicted molar refractivity (Wildman–Crippen MR) is 66.5 cm³/mol. The van der Waals surface area contributed by atoms with Crippen LogP contribution in [-0.2, 0) is 4.79 Å². The van der Waals surface area contributed by atoms with E-state index in [0.29, 0.717) is 12.2 Å². The van der Waals surface area contributed by atoms with Gasteiger partial charge in [0.1, 0.15) is 5.78 Å². The number of nitrogens with two attached hydrogens (primary N) is 1. The molecule has 2 rings (SSSR count). The number of rotatable bonds is 2. The highest BCUT2D eigenvalue weighted by atomic mass is 32.1. The van der Waals surface area contributed by atoms with Crippen molar-refractivity contribution < 1.29 is 4.79 Å². The number of carbonyl (C=O) groups excluding carboxylic acids is 1. The SMILES string of the molecule is CC12CCC(NNC(N)=S)(CC1=O)C2(C)C. The van der Waals surface area contributed by atoms with Crippen molar-refractivity contribution in [3.05, 3.63) is 0 Å². The Hall–Kier alpha value is -0.680. The quantitative estimate of drug-likeness (QED) is 0.494. The molecule has 2 atom stereocenters. The number of fused-ring (bicyclic) bond motifs is 2. The molecule has 90 valence electrons. The zero-order valence-electron chi connectivity index (χ0n) is 10.0. The molecule has 2 saturated carbocycles. The van der Waals surface area contributed by atoms with Crippen LogP contribution in [0.15, 0.2) is 0 Å². The van der Waals surface area contributed by atoms with E-state index in [0.717, 1.165) is 12.8 Å². The molecule has 4 N–H and O–H groups in total. The van der Waals surface area contributed by atoms with Crippen LogP contribution in [0.3, 0.4) is 0 Å². The summed E-state index contributed by atoms with van der Waals surface area (Å²) in [5, 5.41) is 0.220. The Morgan fingerprint density at radius 1 is 1.38 bits per heavy atom. The second-order valence-corrected chi connectivity index (χ2v) is 6.19. The molecule has 0 saturated heterocycles. The Morgan fingerprint density at radius 3 is 2.38 bits per heavy atom. The number of hydrogen-bond donors (Lipinski definition) is 3. The third kappa shape index (κ3) is 1.18. The molecule has 2 fully saturated rings. The summed E-state index contributed by atoms with van der Waals surface area (Å²) in [5.41, 5.74) is 10.9. The van der Waals surface area contributed by atoms with Crippen LogP contribution < -0.4 is 16.6 Å². The molecule has 0 aromatic rings. The van der Waals surface area contributed by atoms with Crippen LogP contribution >= 0.6 is 12.2 Å². The number of thiocarbonyl (C=S) groups is 1. The van der Waals surface area contributed by atoms with Crippen molar-refractivity contribution in [3.8, 4) is 0 Å². The Bertz CT molecular complexity index is 368. The standard InChI is InChI=1S/C11H19N3OS/c1-9(2)10(3)4-5-11(9,6-7(10)15)14-13-8(12)16/h14H,4-6H2,1-3H3,(H3,12,13,16). The molecule has 2 unspecified atom stereocenters. The number of hydrogen-bond acceptors (Lipinski definition) is 3. The fourth-order valence-electron chi connectivity index (χ4n) is 3.33. The summed E-state index contributed by atoms with van der Waals surface area (Å²) in [5.74, 6) is 0.348. The number of hydrazine groups is 1. The van der Waals surface area contributed by atoms with E-state index in [9.17, 15) is 4.79 Å². The normalized spacial score (nSPS) is 40.1. The van der Waals surface area contributed by atoms with Gasteiger partial charge in [0.2, 0.25) is 0 Å². The maximum absolute atomic E-state index is 12.1. The molecule has 5 heteroatoms. The minimum Gasteiger partial charge on any atom is -0.375 e. The second kappa shape index (κ2) is 3.17. The molecular weight excluding hydrogens is 222 g/mol. The Kier molecular flexibility index (Phi) is 2.34. The van der Waals surface area contributed by atoms with Gasteiger partial charge in [-0.25, -0.2) is 5.43 Å². The molecule has 4 nitrogen and oxygen atoms in total. The van der Waals surface area contributed by atoms with E-state index in [2.05, 4.69) is 31.6 Å². The van der Waals surface area contributed by atoms with Gasteiger partial charge in [0.15, 0.2) is 5.11 Å². The van der Waals surface area contributed by atoms with Crippen molar-refractivity contribution in [2.45, 2.75) is 45.6 Å². The molecule has 2 aliphatic rings. The van der Waals surface area contributed by atoms with Crippen molar-refractivity contribution in [1.82, 2.24) is 10.9 Å². The van der Waals surface area contributed by atoms with E-state index in [1.54, 1.807) is 0 Å². The molecule has 0 aliphatic heterocycles. The van der Waals surface area contributed by atoms with Crippen LogP contribution in [0.5, 0.6) is 0 Å². The lowest BCUT2D eigenvalue weighted by atomic mass is 9.68. The Morgan fingerprint density at radius 2 is 2.00 bits per heavy atom. The number of carbonyl (C=O) groups is 1. The van der Waals surface area contributed by atoms with Crippen molar-refractivity contribution in [1.29, 1.82) is 0 Å². The Balaban J connectivity index is 2.29. The monoisotopic (exact) mass is 241 g/mol. The number of ketones is 1. The van der Waals surface area contributed by atoms with Crippen LogP contribution in [0.25, 0.3) is 0 Å². The first-order chi connectivity index (χ1) is 7.25. The average molecular weight is 241 g/mol. The maximum atomic E-state index is 12.1. The van der Waals surface area contributed by atoms with Crippen LogP contribution in [0.4, 0.5) is 0 Å². The molecular formula is C11H19N3OS. The maximum Gasteiger partial charge on any atom is 0.178 e. The summed E-state index contributed by atoms with van der Waals surface area (Å²) in [6, 6.07) is 0. The Labute approximate surface area is 101 Å². The van der Waals surface area contributed by atoms with Crippen molar-refractivity contribution in [2.75, 3.05) is 0 Å². The van der Waals surface area contributed by atoms with Crippen molar-refractivity contribution >= 4 is 23.1 Å². The first-order valence-electron chi connectivity index (χ1n) is 5.61. The van der Waals surface area contributed by atoms with Gasteiger partial charge in [0.25, 0.3) is 0 Å². The highest BCUT2D eigenvalue weighted by molar-refractivity contribution is 7.80. The molecule has 2 bridgehead atoms. The van der Waals surface area contributed by atoms with E-state index in [-0.39, 0.29) is 21.5 Å². The van der Waals surface area contributed by atoms with Gasteiger partial charge in [-0.1, -0.05) is 20.8 Å². The third-order valence-corrected chi connectivity index (χ3v) is 5.23. The number of Topliss-reactive ketones (excluding diaryl/α,β-unsaturated/α-hetero) is 1. The van der Waals surface area contributed by atoms with Gasteiger partial charge < -0.3 is 5.73 Å². The minimum absolute atomic E-state index is 0.0745. The lowest BCUT2D eigenvalue weighted by Crippen LogP contribution is -2.59. The lowest BCUT2D eigenvalue weighted by molar-refractivity contribution is -0.128. The highest BCUT2D eigenvalue weighted by Crippen LogP contribution is 2.65. The molecule has 2 aliphatic carbocycles. The van der Waals surface area contributed by atoms with Crippen molar-refractivity contribution in [3.63, 3.8) is 0 Å². The summed E-state index contributed by atoms with van der Waals surface area (Å²) in [6.45, 7) is 6.38. The predicted octanol–water partition coefficient (Wildman–Crippen LogP) is 0.862. The van der Waals surface area contributed by atoms with E-state index >= 15 is 0 Å². The van der Waals surface area contributed by atoms with Crippen LogP contribution in [0.1, 0.15) is 40.0 Å². The second-order valence-electron chi connectivity index (χ2n) is 5.75. The summed E-state index contributed by atoms with van der Waals surface area (Å²) < 4.78 is 0. The molecule has 0 aromatic carbocycles. The van der Waals surface area contributed by atoms with E-state index < -0.39 is 0 Å². The molecule has 0 heterocycles. The first-order valence-corrected chi connectivity index (χ1v) is 6.02. The molecule has 0 radical (unpaired) electrons. The fourth-order valence-corrected chi connectivity index (χ4v) is 3.38. The lowest BCUT2D eigenvalue weighted by Gasteiger charge is -2.40. The van der Waals surface area contributed by atoms with E-state index in [4.69, 9.17) is 18.0 Å². The summed E-state index contributed by atoms with van der Waals surface area (Å²) in [6.07, 6.45) is 2.48. The van der Waals surface area contributed by atoms with Gasteiger partial charge in [-0.15, -0.1) is 0 Å². The first kappa shape index (κ1) is 11.8. The van der Waals surface area contributed by atoms with Gasteiger partial charge in [0.05, 0.1) is 5.54 Å². The van der Waals surface area contributed by atoms with E-state index in [1.165, 1.54) is 0 Å². The highest BCUT2D eigenvalue weighted by Gasteiger charge is 2.69. The van der Waals surface area contributed by atoms with Gasteiger partial charge >= 0.3 is 0 Å².